The van der Waals surface area contributed by atoms with E-state index < -0.39 is 4.92 Å². The minimum Gasteiger partial charge on any atom is -0.353 e. The predicted molar refractivity (Wildman–Crippen MR) is 119 cm³/mol. The number of rotatable bonds is 7. The van der Waals surface area contributed by atoms with E-state index in [1.54, 1.807) is 17.0 Å². The molecule has 2 amide bonds. The molecule has 2 aromatic rings. The van der Waals surface area contributed by atoms with Crippen LogP contribution in [0.4, 0.5) is 5.69 Å². The molecule has 0 saturated carbocycles. The highest BCUT2D eigenvalue weighted by Crippen LogP contribution is 2.35. The maximum absolute atomic E-state index is 12.9. The van der Waals surface area contributed by atoms with Crippen LogP contribution in [0.2, 0.25) is 0 Å². The highest BCUT2D eigenvalue weighted by atomic mass is 32.2. The Morgan fingerprint density at radius 1 is 1.10 bits per heavy atom. The van der Waals surface area contributed by atoms with Crippen LogP contribution >= 0.6 is 11.8 Å². The summed E-state index contributed by atoms with van der Waals surface area (Å²) in [5.41, 5.74) is 0.221. The number of nitro benzene ring substituents is 1. The molecule has 31 heavy (non-hydrogen) atoms. The van der Waals surface area contributed by atoms with Gasteiger partial charge in [-0.05, 0) is 38.1 Å². The fraction of sp³-hybridized carbons (Fsp3) is 0.364. The molecule has 0 aromatic heterocycles. The Morgan fingerprint density at radius 3 is 2.39 bits per heavy atom. The van der Waals surface area contributed by atoms with E-state index >= 15 is 0 Å². The first-order valence-electron chi connectivity index (χ1n) is 10.2. The van der Waals surface area contributed by atoms with Crippen LogP contribution in [0.1, 0.15) is 24.2 Å². The standard InChI is InChI=1S/C22H26N4O4S/c1-16(2)23-21(27)15-24-10-12-25(13-11-24)22(28)17-8-9-20(19(14-17)26(29)30)31-18-6-4-3-5-7-18/h3-9,14,16H,10-13,15H2,1-2H3,(H,23,27). The molecule has 0 radical (unpaired) electrons. The summed E-state index contributed by atoms with van der Waals surface area (Å²) < 4.78 is 0. The topological polar surface area (TPSA) is 95.8 Å². The number of hydrogen-bond donors (Lipinski definition) is 1. The summed E-state index contributed by atoms with van der Waals surface area (Å²) >= 11 is 1.30. The largest absolute Gasteiger partial charge is 0.353 e. The number of benzene rings is 2. The van der Waals surface area contributed by atoms with Gasteiger partial charge in [-0.2, -0.15) is 0 Å². The number of nitro groups is 1. The number of amides is 2. The molecule has 3 rings (SSSR count). The Balaban J connectivity index is 1.65. The third-order valence-electron chi connectivity index (χ3n) is 4.85. The Kier molecular flexibility index (Phi) is 7.64. The molecule has 8 nitrogen and oxygen atoms in total. The minimum absolute atomic E-state index is 0.0306. The number of piperazine rings is 1. The molecule has 0 atom stereocenters. The van der Waals surface area contributed by atoms with Gasteiger partial charge < -0.3 is 10.2 Å². The van der Waals surface area contributed by atoms with Gasteiger partial charge in [0.05, 0.1) is 16.4 Å². The van der Waals surface area contributed by atoms with Crippen molar-refractivity contribution in [2.45, 2.75) is 29.7 Å². The van der Waals surface area contributed by atoms with Crippen molar-refractivity contribution in [2.75, 3.05) is 32.7 Å². The second kappa shape index (κ2) is 10.4. The van der Waals surface area contributed by atoms with Crippen LogP contribution in [0.3, 0.4) is 0 Å². The summed E-state index contributed by atoms with van der Waals surface area (Å²) in [5, 5.41) is 14.5. The number of nitrogens with zero attached hydrogens (tertiary/aromatic N) is 3. The monoisotopic (exact) mass is 442 g/mol. The molecule has 9 heteroatoms. The van der Waals surface area contributed by atoms with Gasteiger partial charge in [-0.25, -0.2) is 0 Å². The van der Waals surface area contributed by atoms with Gasteiger partial charge in [0.25, 0.3) is 11.6 Å². The van der Waals surface area contributed by atoms with Crippen molar-refractivity contribution in [3.8, 4) is 0 Å². The van der Waals surface area contributed by atoms with Crippen LogP contribution in [-0.4, -0.2) is 65.3 Å². The van der Waals surface area contributed by atoms with E-state index in [-0.39, 0.29) is 23.5 Å². The van der Waals surface area contributed by atoms with Crippen molar-refractivity contribution in [3.05, 3.63) is 64.2 Å². The maximum Gasteiger partial charge on any atom is 0.284 e. The molecule has 1 saturated heterocycles. The molecular formula is C22H26N4O4S. The molecule has 1 heterocycles. The molecule has 1 aliphatic heterocycles. The smallest absolute Gasteiger partial charge is 0.284 e. The molecule has 0 aliphatic carbocycles. The second-order valence-electron chi connectivity index (χ2n) is 7.65. The molecular weight excluding hydrogens is 416 g/mol. The van der Waals surface area contributed by atoms with Crippen molar-refractivity contribution >= 4 is 29.3 Å². The van der Waals surface area contributed by atoms with Crippen LogP contribution in [0.5, 0.6) is 0 Å². The first-order chi connectivity index (χ1) is 14.8. The fourth-order valence-electron chi connectivity index (χ4n) is 3.36. The van der Waals surface area contributed by atoms with Crippen LogP contribution in [0.15, 0.2) is 58.3 Å². The van der Waals surface area contributed by atoms with Crippen molar-refractivity contribution in [2.24, 2.45) is 0 Å². The number of nitrogens with one attached hydrogen (secondary N) is 1. The van der Waals surface area contributed by atoms with Gasteiger partial charge in [0, 0.05) is 48.7 Å². The first-order valence-corrected chi connectivity index (χ1v) is 11.0. The van der Waals surface area contributed by atoms with E-state index in [0.717, 1.165) is 4.90 Å². The van der Waals surface area contributed by atoms with Crippen molar-refractivity contribution < 1.29 is 14.5 Å². The quantitative estimate of drug-likeness (QED) is 0.523. The van der Waals surface area contributed by atoms with Crippen LogP contribution in [0.25, 0.3) is 0 Å². The summed E-state index contributed by atoms with van der Waals surface area (Å²) in [5.74, 6) is -0.262. The summed E-state index contributed by atoms with van der Waals surface area (Å²) in [6.45, 7) is 6.25. The SMILES string of the molecule is CC(C)NC(=O)CN1CCN(C(=O)c2ccc(Sc3ccccc3)c([N+](=O)[O-])c2)CC1. The Labute approximate surface area is 185 Å². The summed E-state index contributed by atoms with van der Waals surface area (Å²) in [4.78, 5) is 41.1. The average molecular weight is 443 g/mol. The Morgan fingerprint density at radius 2 is 1.77 bits per heavy atom. The molecule has 0 bridgehead atoms. The third-order valence-corrected chi connectivity index (χ3v) is 5.92. The normalized spacial score (nSPS) is 14.5. The van der Waals surface area contributed by atoms with Gasteiger partial charge in [0.15, 0.2) is 0 Å². The van der Waals surface area contributed by atoms with E-state index in [4.69, 9.17) is 0 Å². The van der Waals surface area contributed by atoms with Crippen molar-refractivity contribution in [3.63, 3.8) is 0 Å². The van der Waals surface area contributed by atoms with Gasteiger partial charge in [-0.3, -0.25) is 24.6 Å². The van der Waals surface area contributed by atoms with E-state index in [9.17, 15) is 19.7 Å². The molecule has 1 N–H and O–H groups in total. The average Bonchev–Trinajstić information content (AvgIpc) is 2.74. The number of hydrogen-bond acceptors (Lipinski definition) is 6. The molecule has 164 valence electrons. The molecule has 2 aromatic carbocycles. The minimum atomic E-state index is -0.451. The molecule has 0 spiro atoms. The van der Waals surface area contributed by atoms with Crippen molar-refractivity contribution in [1.29, 1.82) is 0 Å². The Hall–Kier alpha value is -2.91. The van der Waals surface area contributed by atoms with Gasteiger partial charge in [-0.15, -0.1) is 0 Å². The van der Waals surface area contributed by atoms with Crippen LogP contribution in [-0.2, 0) is 4.79 Å². The van der Waals surface area contributed by atoms with E-state index in [0.29, 0.717) is 43.2 Å². The van der Waals surface area contributed by atoms with Gasteiger partial charge in [0.1, 0.15) is 0 Å². The van der Waals surface area contributed by atoms with Crippen LogP contribution in [0, 0.1) is 10.1 Å². The number of carbonyl (C=O) groups excluding carboxylic acids is 2. The first kappa shape index (κ1) is 22.8. The van der Waals surface area contributed by atoms with Crippen molar-refractivity contribution in [1.82, 2.24) is 15.1 Å². The van der Waals surface area contributed by atoms with E-state index in [2.05, 4.69) is 5.32 Å². The maximum atomic E-state index is 12.9. The molecule has 1 fully saturated rings. The lowest BCUT2D eigenvalue weighted by Gasteiger charge is -2.34. The predicted octanol–water partition coefficient (Wildman–Crippen LogP) is 3.03. The third kappa shape index (κ3) is 6.28. The lowest BCUT2D eigenvalue weighted by atomic mass is 10.1. The van der Waals surface area contributed by atoms with Gasteiger partial charge >= 0.3 is 0 Å². The summed E-state index contributed by atoms with van der Waals surface area (Å²) in [6, 6.07) is 14.1. The second-order valence-corrected chi connectivity index (χ2v) is 8.76. The zero-order chi connectivity index (χ0) is 22.4. The fourth-order valence-corrected chi connectivity index (χ4v) is 4.28. The molecule has 0 unspecified atom stereocenters. The van der Waals surface area contributed by atoms with Crippen LogP contribution < -0.4 is 5.32 Å². The van der Waals surface area contributed by atoms with Gasteiger partial charge in [0.2, 0.25) is 5.91 Å². The Bertz CT molecular complexity index is 944. The zero-order valence-corrected chi connectivity index (χ0v) is 18.4. The summed E-state index contributed by atoms with van der Waals surface area (Å²) in [7, 11) is 0. The highest BCUT2D eigenvalue weighted by Gasteiger charge is 2.25. The lowest BCUT2D eigenvalue weighted by molar-refractivity contribution is -0.387. The van der Waals surface area contributed by atoms with Gasteiger partial charge in [-0.1, -0.05) is 30.0 Å². The highest BCUT2D eigenvalue weighted by molar-refractivity contribution is 7.99. The van der Waals surface area contributed by atoms with E-state index in [1.807, 2.05) is 49.1 Å². The summed E-state index contributed by atoms with van der Waals surface area (Å²) in [6.07, 6.45) is 0. The molecule has 1 aliphatic rings. The van der Waals surface area contributed by atoms with E-state index in [1.165, 1.54) is 17.8 Å². The zero-order valence-electron chi connectivity index (χ0n) is 17.6. The lowest BCUT2D eigenvalue weighted by Crippen LogP contribution is -2.51. The number of carbonyl (C=O) groups is 2.